The van der Waals surface area contributed by atoms with Gasteiger partial charge in [-0.05, 0) is 25.1 Å². The highest BCUT2D eigenvalue weighted by Gasteiger charge is 2.18. The maximum atomic E-state index is 13.6. The minimum atomic E-state index is -0.619. The fourth-order valence-corrected chi connectivity index (χ4v) is 2.41. The fraction of sp³-hybridized carbons (Fsp3) is 0.167. The van der Waals surface area contributed by atoms with Crippen LogP contribution in [0.4, 0.5) is 22.0 Å². The highest BCUT2D eigenvalue weighted by atomic mass is 35.5. The van der Waals surface area contributed by atoms with E-state index in [-0.39, 0.29) is 27.8 Å². The van der Waals surface area contributed by atoms with Gasteiger partial charge in [-0.15, -0.1) is 0 Å². The van der Waals surface area contributed by atoms with Crippen molar-refractivity contribution in [3.8, 4) is 0 Å². The standard InChI is InChI=1S/C12H12ClFN6OS/c1-5(22-12-19-10(15)18-11(16)20-12)9(21)17-8-3-2-6(13)4-7(8)14/h2-5H,1H3,(H,17,21)(H4,15,16,18,19,20)/t5-/m0/s1. The number of nitrogens with zero attached hydrogens (tertiary/aromatic N) is 3. The lowest BCUT2D eigenvalue weighted by atomic mass is 10.3. The molecule has 0 fully saturated rings. The van der Waals surface area contributed by atoms with E-state index in [9.17, 15) is 9.18 Å². The maximum absolute atomic E-state index is 13.6. The molecule has 2 rings (SSSR count). The summed E-state index contributed by atoms with van der Waals surface area (Å²) in [6, 6.07) is 3.97. The van der Waals surface area contributed by atoms with Gasteiger partial charge in [-0.1, -0.05) is 23.4 Å². The summed E-state index contributed by atoms with van der Waals surface area (Å²) in [4.78, 5) is 23.4. The van der Waals surface area contributed by atoms with Crippen molar-refractivity contribution in [2.75, 3.05) is 16.8 Å². The Labute approximate surface area is 134 Å². The minimum absolute atomic E-state index is 0.0358. The van der Waals surface area contributed by atoms with Crippen LogP contribution in [0.2, 0.25) is 5.02 Å². The first-order valence-electron chi connectivity index (χ1n) is 6.04. The molecule has 1 heterocycles. The predicted octanol–water partition coefficient (Wildman–Crippen LogP) is 1.95. The zero-order chi connectivity index (χ0) is 16.3. The Morgan fingerprint density at radius 3 is 2.55 bits per heavy atom. The molecule has 0 aliphatic carbocycles. The number of hydrogen-bond donors (Lipinski definition) is 3. The molecule has 0 spiro atoms. The average molecular weight is 343 g/mol. The van der Waals surface area contributed by atoms with Crippen LogP contribution in [0, 0.1) is 5.82 Å². The molecular weight excluding hydrogens is 331 g/mol. The number of amides is 1. The molecule has 0 unspecified atom stereocenters. The van der Waals surface area contributed by atoms with Crippen LogP contribution in [0.5, 0.6) is 0 Å². The van der Waals surface area contributed by atoms with E-state index in [2.05, 4.69) is 20.3 Å². The van der Waals surface area contributed by atoms with E-state index in [0.717, 1.165) is 17.8 Å². The first-order valence-corrected chi connectivity index (χ1v) is 7.30. The quantitative estimate of drug-likeness (QED) is 0.726. The Balaban J connectivity index is 2.05. The second-order valence-electron chi connectivity index (χ2n) is 4.21. The second-order valence-corrected chi connectivity index (χ2v) is 5.95. The van der Waals surface area contributed by atoms with Crippen molar-refractivity contribution in [2.45, 2.75) is 17.3 Å². The minimum Gasteiger partial charge on any atom is -0.368 e. The van der Waals surface area contributed by atoms with E-state index in [0.29, 0.717) is 0 Å². The van der Waals surface area contributed by atoms with Crippen molar-refractivity contribution >= 4 is 46.9 Å². The lowest BCUT2D eigenvalue weighted by molar-refractivity contribution is -0.115. The van der Waals surface area contributed by atoms with Crippen molar-refractivity contribution < 1.29 is 9.18 Å². The fourth-order valence-electron chi connectivity index (χ4n) is 1.48. The number of anilines is 3. The Kier molecular flexibility index (Phi) is 4.99. The van der Waals surface area contributed by atoms with E-state index >= 15 is 0 Å². The molecule has 1 amide bonds. The van der Waals surface area contributed by atoms with Crippen LogP contribution in [0.1, 0.15) is 6.92 Å². The number of nitrogen functional groups attached to an aromatic ring is 2. The molecule has 0 saturated heterocycles. The van der Waals surface area contributed by atoms with Crippen molar-refractivity contribution in [1.29, 1.82) is 0 Å². The number of halogens is 2. The van der Waals surface area contributed by atoms with E-state index in [1.807, 2.05) is 0 Å². The predicted molar refractivity (Wildman–Crippen MR) is 84.0 cm³/mol. The number of benzene rings is 1. The summed E-state index contributed by atoms with van der Waals surface area (Å²) in [7, 11) is 0. The van der Waals surface area contributed by atoms with Crippen LogP contribution in [0.25, 0.3) is 0 Å². The van der Waals surface area contributed by atoms with Gasteiger partial charge in [0.05, 0.1) is 10.9 Å². The topological polar surface area (TPSA) is 120 Å². The van der Waals surface area contributed by atoms with Gasteiger partial charge in [0.15, 0.2) is 5.16 Å². The van der Waals surface area contributed by atoms with Crippen molar-refractivity contribution in [2.24, 2.45) is 0 Å². The summed E-state index contributed by atoms with van der Waals surface area (Å²) in [5.41, 5.74) is 10.9. The summed E-state index contributed by atoms with van der Waals surface area (Å²) >= 11 is 6.68. The molecule has 1 atom stereocenters. The molecule has 0 aliphatic heterocycles. The lowest BCUT2D eigenvalue weighted by Crippen LogP contribution is -2.23. The Bertz CT molecular complexity index is 696. The third-order valence-corrected chi connectivity index (χ3v) is 3.69. The summed E-state index contributed by atoms with van der Waals surface area (Å²) in [5.74, 6) is -1.12. The van der Waals surface area contributed by atoms with Crippen molar-refractivity contribution in [3.63, 3.8) is 0 Å². The van der Waals surface area contributed by atoms with Gasteiger partial charge in [0.25, 0.3) is 0 Å². The summed E-state index contributed by atoms with van der Waals surface area (Å²) in [6.07, 6.45) is 0. The van der Waals surface area contributed by atoms with Gasteiger partial charge >= 0.3 is 0 Å². The number of nitrogens with two attached hydrogens (primary N) is 2. The number of nitrogens with one attached hydrogen (secondary N) is 1. The number of carbonyl (C=O) groups excluding carboxylic acids is 1. The molecule has 7 nitrogen and oxygen atoms in total. The third kappa shape index (κ3) is 4.18. The van der Waals surface area contributed by atoms with Crippen LogP contribution >= 0.6 is 23.4 Å². The monoisotopic (exact) mass is 342 g/mol. The largest absolute Gasteiger partial charge is 0.368 e. The van der Waals surface area contributed by atoms with Gasteiger partial charge in [0, 0.05) is 5.02 Å². The normalized spacial score (nSPS) is 12.0. The molecule has 2 aromatic rings. The number of hydrogen-bond acceptors (Lipinski definition) is 7. The lowest BCUT2D eigenvalue weighted by Gasteiger charge is -2.12. The van der Waals surface area contributed by atoms with Crippen LogP contribution in [0.3, 0.4) is 0 Å². The smallest absolute Gasteiger partial charge is 0.237 e. The first-order chi connectivity index (χ1) is 10.3. The SMILES string of the molecule is C[C@H](Sc1nc(N)nc(N)n1)C(=O)Nc1ccc(Cl)cc1F. The molecule has 0 bridgehead atoms. The molecule has 5 N–H and O–H groups in total. The zero-order valence-corrected chi connectivity index (χ0v) is 13.0. The van der Waals surface area contributed by atoms with Gasteiger partial charge < -0.3 is 16.8 Å². The van der Waals surface area contributed by atoms with E-state index < -0.39 is 17.0 Å². The molecule has 0 aliphatic rings. The van der Waals surface area contributed by atoms with Crippen LogP contribution < -0.4 is 16.8 Å². The van der Waals surface area contributed by atoms with Crippen LogP contribution in [0.15, 0.2) is 23.4 Å². The second kappa shape index (κ2) is 6.75. The Morgan fingerprint density at radius 2 is 1.95 bits per heavy atom. The van der Waals surface area contributed by atoms with E-state index in [1.165, 1.54) is 12.1 Å². The first kappa shape index (κ1) is 16.2. The average Bonchev–Trinajstić information content (AvgIpc) is 2.40. The molecule has 1 aromatic carbocycles. The zero-order valence-electron chi connectivity index (χ0n) is 11.4. The number of rotatable bonds is 4. The highest BCUT2D eigenvalue weighted by Crippen LogP contribution is 2.23. The summed E-state index contributed by atoms with van der Waals surface area (Å²) in [5, 5.41) is 2.32. The van der Waals surface area contributed by atoms with Crippen LogP contribution in [-0.4, -0.2) is 26.1 Å². The van der Waals surface area contributed by atoms with Gasteiger partial charge in [-0.2, -0.15) is 15.0 Å². The number of aromatic nitrogens is 3. The van der Waals surface area contributed by atoms with Crippen molar-refractivity contribution in [3.05, 3.63) is 29.0 Å². The molecular formula is C12H12ClFN6OS. The Hall–Kier alpha value is -2.13. The summed E-state index contributed by atoms with van der Waals surface area (Å²) < 4.78 is 13.6. The van der Waals surface area contributed by atoms with E-state index in [4.69, 9.17) is 23.1 Å². The third-order valence-electron chi connectivity index (χ3n) is 2.49. The highest BCUT2D eigenvalue weighted by molar-refractivity contribution is 8.00. The van der Waals surface area contributed by atoms with E-state index in [1.54, 1.807) is 6.92 Å². The maximum Gasteiger partial charge on any atom is 0.237 e. The molecule has 0 radical (unpaired) electrons. The number of carbonyl (C=O) groups is 1. The number of thioether (sulfide) groups is 1. The van der Waals surface area contributed by atoms with Gasteiger partial charge in [-0.25, -0.2) is 4.39 Å². The van der Waals surface area contributed by atoms with Crippen molar-refractivity contribution in [1.82, 2.24) is 15.0 Å². The molecule has 1 aromatic heterocycles. The Morgan fingerprint density at radius 1 is 1.32 bits per heavy atom. The molecule has 10 heteroatoms. The van der Waals surface area contributed by atoms with Gasteiger partial charge in [0.1, 0.15) is 5.82 Å². The molecule has 0 saturated carbocycles. The van der Waals surface area contributed by atoms with Gasteiger partial charge in [0.2, 0.25) is 17.8 Å². The molecule has 116 valence electrons. The molecule has 22 heavy (non-hydrogen) atoms. The van der Waals surface area contributed by atoms with Gasteiger partial charge in [-0.3, -0.25) is 4.79 Å². The summed E-state index contributed by atoms with van der Waals surface area (Å²) in [6.45, 7) is 1.62. The van der Waals surface area contributed by atoms with Crippen LogP contribution in [-0.2, 0) is 4.79 Å².